The standard InChI is InChI=1S/C25H24N4O5S/c30-22(29-11-5-1-2-6-12-29)14-33-20-8-4-3-7-17(20)23(31)28-24-26-19(15-35-24)16-9-10-18-21(13-16)34-25(32)27-18/h3-4,7-10,13,15H,1-2,5-6,11-12,14H2,(H,27,32)(H,26,28,31). The van der Waals surface area contributed by atoms with E-state index in [1.807, 2.05) is 16.3 Å². The van der Waals surface area contributed by atoms with Crippen molar-refractivity contribution in [2.45, 2.75) is 25.7 Å². The first-order chi connectivity index (χ1) is 17.1. The van der Waals surface area contributed by atoms with E-state index in [0.29, 0.717) is 33.2 Å². The summed E-state index contributed by atoms with van der Waals surface area (Å²) in [4.78, 5) is 45.9. The number of rotatable bonds is 6. The molecule has 4 aromatic rings. The number of carbonyl (C=O) groups excluding carboxylic acids is 2. The van der Waals surface area contributed by atoms with Gasteiger partial charge in [0.05, 0.1) is 16.8 Å². The van der Waals surface area contributed by atoms with Crippen LogP contribution in [0.2, 0.25) is 0 Å². The van der Waals surface area contributed by atoms with Crippen molar-refractivity contribution < 1.29 is 18.7 Å². The maximum atomic E-state index is 13.0. The fourth-order valence-electron chi connectivity index (χ4n) is 4.06. The number of likely N-dealkylation sites (tertiary alicyclic amines) is 1. The van der Waals surface area contributed by atoms with Gasteiger partial charge in [-0.3, -0.25) is 19.9 Å². The predicted octanol–water partition coefficient (Wildman–Crippen LogP) is 4.28. The summed E-state index contributed by atoms with van der Waals surface area (Å²) in [5.41, 5.74) is 2.76. The van der Waals surface area contributed by atoms with Crippen LogP contribution < -0.4 is 15.8 Å². The first-order valence-electron chi connectivity index (χ1n) is 11.5. The number of nitrogens with one attached hydrogen (secondary N) is 2. The molecular weight excluding hydrogens is 468 g/mol. The number of carbonyl (C=O) groups is 2. The molecule has 0 bridgehead atoms. The highest BCUT2D eigenvalue weighted by atomic mass is 32.1. The third kappa shape index (κ3) is 5.27. The van der Waals surface area contributed by atoms with Gasteiger partial charge in [-0.2, -0.15) is 0 Å². The summed E-state index contributed by atoms with van der Waals surface area (Å²) in [6, 6.07) is 12.1. The molecule has 2 aromatic carbocycles. The van der Waals surface area contributed by atoms with Crippen LogP contribution in [-0.2, 0) is 4.79 Å². The van der Waals surface area contributed by atoms with Crippen molar-refractivity contribution in [3.63, 3.8) is 0 Å². The van der Waals surface area contributed by atoms with Gasteiger partial charge in [0.15, 0.2) is 17.3 Å². The summed E-state index contributed by atoms with van der Waals surface area (Å²) in [6.45, 7) is 1.39. The lowest BCUT2D eigenvalue weighted by Crippen LogP contribution is -2.35. The fourth-order valence-corrected chi connectivity index (χ4v) is 4.78. The van der Waals surface area contributed by atoms with Crippen LogP contribution in [0.3, 0.4) is 0 Å². The van der Waals surface area contributed by atoms with Gasteiger partial charge >= 0.3 is 5.76 Å². The van der Waals surface area contributed by atoms with E-state index in [-0.39, 0.29) is 18.4 Å². The van der Waals surface area contributed by atoms with E-state index in [1.165, 1.54) is 11.3 Å². The number of aromatic nitrogens is 2. The highest BCUT2D eigenvalue weighted by Gasteiger charge is 2.19. The maximum Gasteiger partial charge on any atom is 0.417 e. The molecule has 2 N–H and O–H groups in total. The third-order valence-electron chi connectivity index (χ3n) is 5.88. The Bertz CT molecular complexity index is 1410. The zero-order chi connectivity index (χ0) is 24.2. The SMILES string of the molecule is O=C(Nc1nc(-c2ccc3[nH]c(=O)oc3c2)cs1)c1ccccc1OCC(=O)N1CCCCCC1. The Morgan fingerprint density at radius 1 is 1.11 bits per heavy atom. The number of fused-ring (bicyclic) bond motifs is 1. The summed E-state index contributed by atoms with van der Waals surface area (Å²) >= 11 is 1.28. The molecule has 5 rings (SSSR count). The highest BCUT2D eigenvalue weighted by molar-refractivity contribution is 7.14. The smallest absolute Gasteiger partial charge is 0.417 e. The van der Waals surface area contributed by atoms with Crippen LogP contribution in [0.15, 0.2) is 57.1 Å². The number of nitrogens with zero attached hydrogens (tertiary/aromatic N) is 2. The Morgan fingerprint density at radius 2 is 1.91 bits per heavy atom. The molecule has 0 unspecified atom stereocenters. The van der Waals surface area contributed by atoms with E-state index >= 15 is 0 Å². The number of hydrogen-bond donors (Lipinski definition) is 2. The Hall–Kier alpha value is -3.92. The summed E-state index contributed by atoms with van der Waals surface area (Å²) in [6.07, 6.45) is 4.30. The molecule has 10 heteroatoms. The van der Waals surface area contributed by atoms with E-state index in [2.05, 4.69) is 15.3 Å². The molecule has 2 amide bonds. The number of ether oxygens (including phenoxy) is 1. The minimum absolute atomic E-state index is 0.0677. The second-order valence-corrected chi connectivity index (χ2v) is 9.16. The lowest BCUT2D eigenvalue weighted by atomic mass is 10.1. The van der Waals surface area contributed by atoms with Crippen LogP contribution in [0.4, 0.5) is 5.13 Å². The Morgan fingerprint density at radius 3 is 2.74 bits per heavy atom. The molecule has 0 aliphatic carbocycles. The maximum absolute atomic E-state index is 13.0. The molecule has 1 aliphatic rings. The Labute approximate surface area is 204 Å². The van der Waals surface area contributed by atoms with Crippen LogP contribution in [0, 0.1) is 0 Å². The van der Waals surface area contributed by atoms with Gasteiger partial charge in [0.25, 0.3) is 11.8 Å². The average molecular weight is 493 g/mol. The monoisotopic (exact) mass is 492 g/mol. The average Bonchev–Trinajstić information content (AvgIpc) is 3.37. The van der Waals surface area contributed by atoms with Crippen molar-refractivity contribution in [1.82, 2.24) is 14.9 Å². The van der Waals surface area contributed by atoms with Gasteiger partial charge in [0, 0.05) is 24.0 Å². The number of aromatic amines is 1. The van der Waals surface area contributed by atoms with Gasteiger partial charge in [0.1, 0.15) is 5.75 Å². The fraction of sp³-hybridized carbons (Fsp3) is 0.280. The molecule has 9 nitrogen and oxygen atoms in total. The van der Waals surface area contributed by atoms with Crippen LogP contribution in [0.25, 0.3) is 22.4 Å². The molecule has 0 spiro atoms. The molecule has 35 heavy (non-hydrogen) atoms. The molecule has 1 aliphatic heterocycles. The summed E-state index contributed by atoms with van der Waals surface area (Å²) < 4.78 is 10.9. The van der Waals surface area contributed by atoms with E-state index in [9.17, 15) is 14.4 Å². The van der Waals surface area contributed by atoms with Crippen LogP contribution in [0.5, 0.6) is 5.75 Å². The van der Waals surface area contributed by atoms with Crippen molar-refractivity contribution in [1.29, 1.82) is 0 Å². The topological polar surface area (TPSA) is 118 Å². The largest absolute Gasteiger partial charge is 0.483 e. The van der Waals surface area contributed by atoms with E-state index in [0.717, 1.165) is 44.3 Å². The first kappa shape index (κ1) is 22.9. The molecule has 0 atom stereocenters. The number of para-hydroxylation sites is 1. The van der Waals surface area contributed by atoms with Crippen molar-refractivity contribution in [3.05, 3.63) is 64.0 Å². The van der Waals surface area contributed by atoms with Crippen molar-refractivity contribution in [2.75, 3.05) is 25.0 Å². The van der Waals surface area contributed by atoms with Crippen LogP contribution >= 0.6 is 11.3 Å². The normalized spacial score (nSPS) is 14.0. The lowest BCUT2D eigenvalue weighted by molar-refractivity contribution is -0.133. The number of oxazole rings is 1. The van der Waals surface area contributed by atoms with Gasteiger partial charge in [-0.05, 0) is 37.1 Å². The molecule has 2 aromatic heterocycles. The molecule has 1 fully saturated rings. The number of amides is 2. The number of benzene rings is 2. The Balaban J connectivity index is 1.26. The van der Waals surface area contributed by atoms with Crippen molar-refractivity contribution in [3.8, 4) is 17.0 Å². The summed E-state index contributed by atoms with van der Waals surface area (Å²) in [7, 11) is 0. The van der Waals surface area contributed by atoms with Gasteiger partial charge in [-0.1, -0.05) is 31.0 Å². The molecule has 180 valence electrons. The van der Waals surface area contributed by atoms with Gasteiger partial charge in [-0.15, -0.1) is 11.3 Å². The molecule has 1 saturated heterocycles. The third-order valence-corrected chi connectivity index (χ3v) is 6.64. The van der Waals surface area contributed by atoms with E-state index in [1.54, 1.807) is 36.4 Å². The molecule has 0 radical (unpaired) electrons. The first-order valence-corrected chi connectivity index (χ1v) is 12.3. The summed E-state index contributed by atoms with van der Waals surface area (Å²) in [5, 5.41) is 5.03. The van der Waals surface area contributed by atoms with Gasteiger partial charge in [0.2, 0.25) is 0 Å². The molecule has 0 saturated carbocycles. The second-order valence-electron chi connectivity index (χ2n) is 8.30. The second kappa shape index (κ2) is 10.1. The lowest BCUT2D eigenvalue weighted by Gasteiger charge is -2.20. The Kier molecular flexibility index (Phi) is 6.62. The van der Waals surface area contributed by atoms with Crippen LogP contribution in [0.1, 0.15) is 36.0 Å². The minimum atomic E-state index is -0.516. The number of thiazole rings is 1. The predicted molar refractivity (Wildman–Crippen MR) is 133 cm³/mol. The molecular formula is C25H24N4O5S. The highest BCUT2D eigenvalue weighted by Crippen LogP contribution is 2.28. The van der Waals surface area contributed by atoms with Crippen LogP contribution in [-0.4, -0.2) is 46.4 Å². The van der Waals surface area contributed by atoms with E-state index < -0.39 is 5.76 Å². The minimum Gasteiger partial charge on any atom is -0.483 e. The summed E-state index contributed by atoms with van der Waals surface area (Å²) in [5.74, 6) is -0.618. The zero-order valence-corrected chi connectivity index (χ0v) is 19.7. The van der Waals surface area contributed by atoms with Crippen molar-refractivity contribution in [2.24, 2.45) is 0 Å². The number of anilines is 1. The van der Waals surface area contributed by atoms with Gasteiger partial charge < -0.3 is 14.1 Å². The zero-order valence-electron chi connectivity index (χ0n) is 18.9. The van der Waals surface area contributed by atoms with Crippen molar-refractivity contribution >= 4 is 39.4 Å². The van der Waals surface area contributed by atoms with E-state index in [4.69, 9.17) is 9.15 Å². The van der Waals surface area contributed by atoms with Gasteiger partial charge in [-0.25, -0.2) is 9.78 Å². The number of hydrogen-bond acceptors (Lipinski definition) is 7. The molecule has 3 heterocycles. The number of H-pyrrole nitrogens is 1. The quantitative estimate of drug-likeness (QED) is 0.415.